The molecule has 0 atom stereocenters. The maximum absolute atomic E-state index is 12.9. The average molecular weight is 489 g/mol. The van der Waals surface area contributed by atoms with E-state index in [1.54, 1.807) is 0 Å². The Labute approximate surface area is 196 Å². The number of aromatic carboxylic acids is 1. The number of ether oxygens (including phenoxy) is 2. The monoisotopic (exact) mass is 489 g/mol. The number of nitrogens with one attached hydrogen (secondary N) is 1. The highest BCUT2D eigenvalue weighted by Crippen LogP contribution is 2.37. The fourth-order valence-electron chi connectivity index (χ4n) is 2.97. The Morgan fingerprint density at radius 1 is 1.21 bits per heavy atom. The van der Waals surface area contributed by atoms with Gasteiger partial charge in [-0.2, -0.15) is 5.01 Å². The van der Waals surface area contributed by atoms with E-state index in [4.69, 9.17) is 21.7 Å². The second-order valence-corrected chi connectivity index (χ2v) is 7.98. The number of methoxy groups -OCH3 is 2. The molecule has 2 N–H and O–H groups in total. The van der Waals surface area contributed by atoms with Crippen LogP contribution in [-0.4, -0.2) is 51.4 Å². The van der Waals surface area contributed by atoms with Gasteiger partial charge in [0.15, 0.2) is 15.8 Å². The molecule has 3 rings (SSSR count). The summed E-state index contributed by atoms with van der Waals surface area (Å²) in [6, 6.07) is 8.15. The Balaban J connectivity index is 1.93. The lowest BCUT2D eigenvalue weighted by atomic mass is 10.0. The number of rotatable bonds is 7. The molecular weight excluding hydrogens is 474 g/mol. The topological polar surface area (TPSA) is 148 Å². The van der Waals surface area contributed by atoms with Crippen LogP contribution in [0.1, 0.15) is 26.3 Å². The third-order valence-corrected chi connectivity index (χ3v) is 5.73. The lowest BCUT2D eigenvalue weighted by Gasteiger charge is -2.15. The minimum atomic E-state index is -1.31. The first-order valence-corrected chi connectivity index (χ1v) is 10.2. The number of carboxylic acid groups (broad SMARTS) is 1. The number of nitro groups is 1. The van der Waals surface area contributed by atoms with Gasteiger partial charge in [0.25, 0.3) is 17.5 Å². The number of carbonyl (C=O) groups is 3. The molecule has 1 fully saturated rings. The van der Waals surface area contributed by atoms with E-state index in [1.807, 2.05) is 0 Å². The SMILES string of the molecule is COc1ccc(/C=C2/SC(=S)N(NC(=O)c3ccccc3[N+](=O)[O-])C2=O)c(C(=O)O)c1OC. The molecule has 1 aliphatic heterocycles. The summed E-state index contributed by atoms with van der Waals surface area (Å²) in [5, 5.41) is 21.6. The molecule has 11 nitrogen and oxygen atoms in total. The summed E-state index contributed by atoms with van der Waals surface area (Å²) in [6.07, 6.45) is 1.29. The maximum Gasteiger partial charge on any atom is 0.340 e. The molecule has 1 saturated heterocycles. The molecule has 0 aromatic heterocycles. The smallest absolute Gasteiger partial charge is 0.340 e. The second-order valence-electron chi connectivity index (χ2n) is 6.30. The minimum Gasteiger partial charge on any atom is -0.493 e. The molecule has 170 valence electrons. The Bertz CT molecular complexity index is 1230. The van der Waals surface area contributed by atoms with Crippen LogP contribution >= 0.6 is 24.0 Å². The van der Waals surface area contributed by atoms with Crippen molar-refractivity contribution < 1.29 is 33.9 Å². The highest BCUT2D eigenvalue weighted by atomic mass is 32.2. The van der Waals surface area contributed by atoms with E-state index in [-0.39, 0.29) is 37.4 Å². The van der Waals surface area contributed by atoms with Crippen LogP contribution in [0.5, 0.6) is 11.5 Å². The van der Waals surface area contributed by atoms with Crippen molar-refractivity contribution in [3.63, 3.8) is 0 Å². The van der Waals surface area contributed by atoms with E-state index < -0.39 is 28.4 Å². The number of nitro benzene ring substituents is 1. The zero-order valence-corrected chi connectivity index (χ0v) is 18.7. The maximum atomic E-state index is 12.9. The van der Waals surface area contributed by atoms with Gasteiger partial charge in [0.2, 0.25) is 0 Å². The number of amides is 2. The molecule has 2 aromatic carbocycles. The van der Waals surface area contributed by atoms with E-state index in [9.17, 15) is 29.6 Å². The molecule has 2 aromatic rings. The fourth-order valence-corrected chi connectivity index (χ4v) is 4.15. The summed E-state index contributed by atoms with van der Waals surface area (Å²) < 4.78 is 10.2. The van der Waals surface area contributed by atoms with E-state index >= 15 is 0 Å². The summed E-state index contributed by atoms with van der Waals surface area (Å²) in [4.78, 5) is 47.8. The molecule has 33 heavy (non-hydrogen) atoms. The van der Waals surface area contributed by atoms with Crippen LogP contribution in [0.25, 0.3) is 6.08 Å². The van der Waals surface area contributed by atoms with Crippen molar-refractivity contribution in [3.05, 3.63) is 68.1 Å². The van der Waals surface area contributed by atoms with Crippen LogP contribution in [0.3, 0.4) is 0 Å². The van der Waals surface area contributed by atoms with Crippen LogP contribution in [0.2, 0.25) is 0 Å². The molecule has 0 saturated carbocycles. The van der Waals surface area contributed by atoms with Crippen LogP contribution in [0.15, 0.2) is 41.3 Å². The molecule has 2 amide bonds. The first-order chi connectivity index (χ1) is 15.7. The number of hydrogen-bond acceptors (Lipinski definition) is 9. The fraction of sp³-hybridized carbons (Fsp3) is 0.100. The number of carbonyl (C=O) groups excluding carboxylic acids is 2. The van der Waals surface area contributed by atoms with E-state index in [1.165, 1.54) is 50.6 Å². The quantitative estimate of drug-likeness (QED) is 0.257. The highest BCUT2D eigenvalue weighted by molar-refractivity contribution is 8.26. The van der Waals surface area contributed by atoms with Crippen molar-refractivity contribution in [2.45, 2.75) is 0 Å². The zero-order chi connectivity index (χ0) is 24.3. The van der Waals surface area contributed by atoms with Crippen molar-refractivity contribution >= 4 is 57.8 Å². The molecule has 1 aliphatic rings. The van der Waals surface area contributed by atoms with E-state index in [0.717, 1.165) is 22.8 Å². The van der Waals surface area contributed by atoms with Crippen LogP contribution in [0, 0.1) is 10.1 Å². The zero-order valence-electron chi connectivity index (χ0n) is 17.1. The number of hydrogen-bond donors (Lipinski definition) is 2. The molecule has 0 aliphatic carbocycles. The van der Waals surface area contributed by atoms with E-state index in [0.29, 0.717) is 0 Å². The second kappa shape index (κ2) is 9.67. The number of benzene rings is 2. The number of para-hydroxylation sites is 1. The Morgan fingerprint density at radius 3 is 2.52 bits per heavy atom. The van der Waals surface area contributed by atoms with Crippen molar-refractivity contribution in [3.8, 4) is 11.5 Å². The Morgan fingerprint density at radius 2 is 1.91 bits per heavy atom. The average Bonchev–Trinajstić information content (AvgIpc) is 3.05. The number of thioether (sulfide) groups is 1. The van der Waals surface area contributed by atoms with Gasteiger partial charge in [0, 0.05) is 6.07 Å². The third kappa shape index (κ3) is 4.63. The Kier molecular flexibility index (Phi) is 6.94. The third-order valence-electron chi connectivity index (χ3n) is 4.43. The van der Waals surface area contributed by atoms with Gasteiger partial charge in [-0.1, -0.05) is 30.0 Å². The minimum absolute atomic E-state index is 0.0255. The summed E-state index contributed by atoms with van der Waals surface area (Å²) in [6.45, 7) is 0. The molecule has 13 heteroatoms. The highest BCUT2D eigenvalue weighted by Gasteiger charge is 2.35. The molecular formula is C20H15N3O8S2. The van der Waals surface area contributed by atoms with Gasteiger partial charge in [-0.05, 0) is 36.0 Å². The summed E-state index contributed by atoms with van der Waals surface area (Å²) in [5.41, 5.74) is 1.48. The van der Waals surface area contributed by atoms with Crippen LogP contribution in [0.4, 0.5) is 5.69 Å². The van der Waals surface area contributed by atoms with Crippen LogP contribution < -0.4 is 14.9 Å². The molecule has 0 spiro atoms. The molecule has 0 unspecified atom stereocenters. The van der Waals surface area contributed by atoms with Gasteiger partial charge in [0.1, 0.15) is 11.1 Å². The normalized spacial score (nSPS) is 14.4. The largest absolute Gasteiger partial charge is 0.493 e. The molecule has 1 heterocycles. The first kappa shape index (κ1) is 23.7. The van der Waals surface area contributed by atoms with Gasteiger partial charge in [-0.15, -0.1) is 0 Å². The number of carboxylic acids is 1. The molecule has 0 radical (unpaired) electrons. The van der Waals surface area contributed by atoms with Crippen LogP contribution in [-0.2, 0) is 4.79 Å². The van der Waals surface area contributed by atoms with Gasteiger partial charge in [-0.25, -0.2) is 4.79 Å². The summed E-state index contributed by atoms with van der Waals surface area (Å²) in [5.74, 6) is -2.78. The molecule has 0 bridgehead atoms. The number of hydrazine groups is 1. The predicted molar refractivity (Wildman–Crippen MR) is 122 cm³/mol. The van der Waals surface area contributed by atoms with Gasteiger partial charge in [-0.3, -0.25) is 25.1 Å². The summed E-state index contributed by atoms with van der Waals surface area (Å²) in [7, 11) is 2.64. The number of nitrogens with zero attached hydrogens (tertiary/aromatic N) is 2. The lowest BCUT2D eigenvalue weighted by Crippen LogP contribution is -2.45. The first-order valence-electron chi connectivity index (χ1n) is 9.00. The van der Waals surface area contributed by atoms with Crippen molar-refractivity contribution in [1.29, 1.82) is 0 Å². The van der Waals surface area contributed by atoms with Crippen molar-refractivity contribution in [2.75, 3.05) is 14.2 Å². The van der Waals surface area contributed by atoms with Gasteiger partial charge >= 0.3 is 5.97 Å². The number of thiocarbonyl (C=S) groups is 1. The lowest BCUT2D eigenvalue weighted by molar-refractivity contribution is -0.385. The summed E-state index contributed by atoms with van der Waals surface area (Å²) >= 11 is 5.98. The van der Waals surface area contributed by atoms with Crippen molar-refractivity contribution in [1.82, 2.24) is 10.4 Å². The standard InChI is InChI=1S/C20H15N3O8S2/c1-30-13-8-7-10(15(19(26)27)16(13)31-2)9-14-18(25)22(20(32)33-14)21-17(24)11-5-3-4-6-12(11)23(28)29/h3-9H,1-2H3,(H,21,24)(H,26,27)/b14-9+. The van der Waals surface area contributed by atoms with Gasteiger partial charge < -0.3 is 14.6 Å². The van der Waals surface area contributed by atoms with Gasteiger partial charge in [0.05, 0.1) is 24.0 Å². The Hall–Kier alpha value is -3.97. The predicted octanol–water partition coefficient (Wildman–Crippen LogP) is 2.86. The van der Waals surface area contributed by atoms with Crippen molar-refractivity contribution in [2.24, 2.45) is 0 Å². The van der Waals surface area contributed by atoms with E-state index in [2.05, 4.69) is 5.43 Å².